The van der Waals surface area contributed by atoms with Gasteiger partial charge in [-0.3, -0.25) is 0 Å². The summed E-state index contributed by atoms with van der Waals surface area (Å²) >= 11 is 0. The molecule has 92 valence electrons. The first kappa shape index (κ1) is 12.3. The lowest BCUT2D eigenvalue weighted by Gasteiger charge is -2.04. The zero-order chi connectivity index (χ0) is 13.0. The van der Waals surface area contributed by atoms with Crippen LogP contribution in [0.3, 0.4) is 0 Å². The molecule has 4 heteroatoms. The molecule has 2 rings (SSSR count). The summed E-state index contributed by atoms with van der Waals surface area (Å²) in [4.78, 5) is 0. The second kappa shape index (κ2) is 5.48. The lowest BCUT2D eigenvalue weighted by atomic mass is 10.1. The molecule has 2 aromatic rings. The summed E-state index contributed by atoms with van der Waals surface area (Å²) in [7, 11) is 0. The van der Waals surface area contributed by atoms with Crippen molar-refractivity contribution in [3.8, 4) is 6.07 Å². The molecule has 0 bridgehead atoms. The van der Waals surface area contributed by atoms with E-state index in [1.165, 1.54) is 6.07 Å². The van der Waals surface area contributed by atoms with E-state index in [0.29, 0.717) is 13.1 Å². The number of aryl methyl sites for hydroxylation is 1. The molecule has 0 saturated heterocycles. The minimum atomic E-state index is -0.483. The summed E-state index contributed by atoms with van der Waals surface area (Å²) in [6, 6.07) is 10.2. The average Bonchev–Trinajstić information content (AvgIpc) is 2.77. The molecule has 0 amide bonds. The van der Waals surface area contributed by atoms with E-state index in [4.69, 9.17) is 9.68 Å². The molecule has 0 radical (unpaired) electrons. The van der Waals surface area contributed by atoms with Gasteiger partial charge < -0.3 is 9.73 Å². The first-order chi connectivity index (χ1) is 8.69. The predicted octanol–water partition coefficient (Wildman–Crippen LogP) is 2.89. The molecule has 0 unspecified atom stereocenters. The van der Waals surface area contributed by atoms with Gasteiger partial charge in [-0.25, -0.2) is 4.39 Å². The number of rotatable bonds is 4. The number of nitriles is 1. The third-order valence-corrected chi connectivity index (χ3v) is 2.58. The van der Waals surface area contributed by atoms with E-state index in [1.54, 1.807) is 12.1 Å². The highest BCUT2D eigenvalue weighted by molar-refractivity contribution is 5.34. The fraction of sp³-hybridized carbons (Fsp3) is 0.214. The molecular formula is C14H13FN2O. The van der Waals surface area contributed by atoms with Gasteiger partial charge in [0.25, 0.3) is 0 Å². The Balaban J connectivity index is 1.93. The molecule has 0 atom stereocenters. The number of furan rings is 1. The molecule has 0 spiro atoms. The standard InChI is InChI=1S/C14H13FN2O/c1-10-2-4-13(18-10)9-17-8-11-3-5-14(15)12(6-11)7-16/h2-6,17H,8-9H2,1H3. The maximum Gasteiger partial charge on any atom is 0.140 e. The van der Waals surface area contributed by atoms with Crippen molar-refractivity contribution in [2.45, 2.75) is 20.0 Å². The van der Waals surface area contributed by atoms with Crippen molar-refractivity contribution in [2.24, 2.45) is 0 Å². The molecule has 1 heterocycles. The van der Waals surface area contributed by atoms with Crippen LogP contribution < -0.4 is 5.32 Å². The number of hydrogen-bond donors (Lipinski definition) is 1. The molecular weight excluding hydrogens is 231 g/mol. The van der Waals surface area contributed by atoms with E-state index in [2.05, 4.69) is 5.32 Å². The Hall–Kier alpha value is -2.12. The third-order valence-electron chi connectivity index (χ3n) is 2.58. The first-order valence-corrected chi connectivity index (χ1v) is 5.63. The van der Waals surface area contributed by atoms with E-state index < -0.39 is 5.82 Å². The van der Waals surface area contributed by atoms with Gasteiger partial charge in [-0.1, -0.05) is 6.07 Å². The van der Waals surface area contributed by atoms with Crippen molar-refractivity contribution < 1.29 is 8.81 Å². The summed E-state index contributed by atoms with van der Waals surface area (Å²) in [6.07, 6.45) is 0. The lowest BCUT2D eigenvalue weighted by Crippen LogP contribution is -2.12. The van der Waals surface area contributed by atoms with Crippen LogP contribution in [0.25, 0.3) is 0 Å². The summed E-state index contributed by atoms with van der Waals surface area (Å²) in [5.41, 5.74) is 0.944. The molecule has 0 aliphatic rings. The zero-order valence-electron chi connectivity index (χ0n) is 10.0. The second-order valence-corrected chi connectivity index (χ2v) is 4.04. The number of hydrogen-bond acceptors (Lipinski definition) is 3. The van der Waals surface area contributed by atoms with Crippen molar-refractivity contribution in [1.29, 1.82) is 5.26 Å². The van der Waals surface area contributed by atoms with E-state index >= 15 is 0 Å². The van der Waals surface area contributed by atoms with E-state index in [-0.39, 0.29) is 5.56 Å². The fourth-order valence-electron chi connectivity index (χ4n) is 1.68. The van der Waals surface area contributed by atoms with Gasteiger partial charge in [0, 0.05) is 6.54 Å². The Morgan fingerprint density at radius 3 is 2.78 bits per heavy atom. The van der Waals surface area contributed by atoms with Gasteiger partial charge in [0.15, 0.2) is 0 Å². The van der Waals surface area contributed by atoms with Crippen LogP contribution in [0, 0.1) is 24.1 Å². The van der Waals surface area contributed by atoms with Crippen LogP contribution in [0.15, 0.2) is 34.7 Å². The van der Waals surface area contributed by atoms with Gasteiger partial charge in [0.2, 0.25) is 0 Å². The van der Waals surface area contributed by atoms with Crippen LogP contribution >= 0.6 is 0 Å². The Bertz CT molecular complexity index is 584. The molecule has 0 aliphatic carbocycles. The SMILES string of the molecule is Cc1ccc(CNCc2ccc(F)c(C#N)c2)o1. The highest BCUT2D eigenvalue weighted by Crippen LogP contribution is 2.10. The van der Waals surface area contributed by atoms with E-state index in [1.807, 2.05) is 25.1 Å². The van der Waals surface area contributed by atoms with Crippen molar-refractivity contribution in [2.75, 3.05) is 0 Å². The van der Waals surface area contributed by atoms with Crippen molar-refractivity contribution >= 4 is 0 Å². The van der Waals surface area contributed by atoms with E-state index in [9.17, 15) is 4.39 Å². The molecule has 18 heavy (non-hydrogen) atoms. The summed E-state index contributed by atoms with van der Waals surface area (Å²) in [5, 5.41) is 11.9. The van der Waals surface area contributed by atoms with Crippen LogP contribution in [-0.2, 0) is 13.1 Å². The molecule has 0 saturated carbocycles. The highest BCUT2D eigenvalue weighted by Gasteiger charge is 2.03. The Morgan fingerprint density at radius 2 is 2.11 bits per heavy atom. The second-order valence-electron chi connectivity index (χ2n) is 4.04. The number of nitrogens with one attached hydrogen (secondary N) is 1. The fourth-order valence-corrected chi connectivity index (χ4v) is 1.68. The molecule has 0 aliphatic heterocycles. The Morgan fingerprint density at radius 1 is 1.28 bits per heavy atom. The third kappa shape index (κ3) is 2.96. The molecule has 1 N–H and O–H groups in total. The topological polar surface area (TPSA) is 49.0 Å². The predicted molar refractivity (Wildman–Crippen MR) is 65.1 cm³/mol. The van der Waals surface area contributed by atoms with Gasteiger partial charge in [0.1, 0.15) is 23.4 Å². The van der Waals surface area contributed by atoms with Crippen LogP contribution in [0.1, 0.15) is 22.6 Å². The Labute approximate surface area is 105 Å². The first-order valence-electron chi connectivity index (χ1n) is 5.63. The minimum absolute atomic E-state index is 0.0724. The number of benzene rings is 1. The van der Waals surface area contributed by atoms with Crippen molar-refractivity contribution in [3.05, 3.63) is 58.8 Å². The number of halogens is 1. The maximum atomic E-state index is 13.1. The largest absolute Gasteiger partial charge is 0.465 e. The van der Waals surface area contributed by atoms with Gasteiger partial charge >= 0.3 is 0 Å². The summed E-state index contributed by atoms with van der Waals surface area (Å²) in [6.45, 7) is 3.06. The Kier molecular flexibility index (Phi) is 3.75. The highest BCUT2D eigenvalue weighted by atomic mass is 19.1. The van der Waals surface area contributed by atoms with Gasteiger partial charge in [-0.15, -0.1) is 0 Å². The lowest BCUT2D eigenvalue weighted by molar-refractivity contribution is 0.461. The van der Waals surface area contributed by atoms with Crippen LogP contribution in [0.4, 0.5) is 4.39 Å². The van der Waals surface area contributed by atoms with Crippen molar-refractivity contribution in [3.63, 3.8) is 0 Å². The van der Waals surface area contributed by atoms with Crippen molar-refractivity contribution in [1.82, 2.24) is 5.32 Å². The average molecular weight is 244 g/mol. The van der Waals surface area contributed by atoms with Gasteiger partial charge in [0.05, 0.1) is 12.1 Å². The van der Waals surface area contributed by atoms with Gasteiger partial charge in [-0.2, -0.15) is 5.26 Å². The van der Waals surface area contributed by atoms with Crippen LogP contribution in [-0.4, -0.2) is 0 Å². The summed E-state index contributed by atoms with van der Waals surface area (Å²) < 4.78 is 18.5. The molecule has 3 nitrogen and oxygen atoms in total. The molecule has 1 aromatic carbocycles. The van der Waals surface area contributed by atoms with E-state index in [0.717, 1.165) is 17.1 Å². The quantitative estimate of drug-likeness (QED) is 0.899. The molecule has 0 fully saturated rings. The minimum Gasteiger partial charge on any atom is -0.465 e. The normalized spacial score (nSPS) is 10.3. The monoisotopic (exact) mass is 244 g/mol. The summed E-state index contributed by atoms with van der Waals surface area (Å²) in [5.74, 6) is 1.25. The van der Waals surface area contributed by atoms with Gasteiger partial charge in [-0.05, 0) is 36.8 Å². The smallest absolute Gasteiger partial charge is 0.140 e. The maximum absolute atomic E-state index is 13.1. The zero-order valence-corrected chi connectivity index (χ0v) is 10.0. The number of nitrogens with zero attached hydrogens (tertiary/aromatic N) is 1. The van der Waals surface area contributed by atoms with Crippen LogP contribution in [0.2, 0.25) is 0 Å². The molecule has 1 aromatic heterocycles. The van der Waals surface area contributed by atoms with Crippen LogP contribution in [0.5, 0.6) is 0 Å².